The van der Waals surface area contributed by atoms with E-state index in [0.717, 1.165) is 6.07 Å². The number of halogens is 4. The van der Waals surface area contributed by atoms with Gasteiger partial charge in [0.2, 0.25) is 0 Å². The molecule has 0 heterocycles. The average molecular weight is 341 g/mol. The molecule has 0 radical (unpaired) electrons. The first kappa shape index (κ1) is 20.5. The topological polar surface area (TPSA) is 41.6 Å². The Morgan fingerprint density at radius 2 is 1.95 bits per heavy atom. The minimum Gasteiger partial charge on any atom is -0.480 e. The predicted molar refractivity (Wildman–Crippen MR) is 80.3 cm³/mol. The molecule has 0 aliphatic heterocycles. The Morgan fingerprint density at radius 3 is 2.50 bits per heavy atom. The molecular weight excluding hydrogens is 321 g/mol. The number of nitrogens with one attached hydrogen (secondary N) is 1. The van der Waals surface area contributed by atoms with Gasteiger partial charge in [0.1, 0.15) is 5.75 Å². The number of para-hydroxylation sites is 1. The van der Waals surface area contributed by atoms with Crippen molar-refractivity contribution in [2.24, 2.45) is 0 Å². The standard InChI is InChI=1S/C14H19F3N2O2.ClH/c1-10(13(20)19(3)9-8-18-2)21-12-7-5-4-6-11(12)14(15,16)17;/h4-7,10,18H,8-9H2,1-3H3;1H. The van der Waals surface area contributed by atoms with E-state index in [-0.39, 0.29) is 24.1 Å². The maximum atomic E-state index is 12.8. The Labute approximate surface area is 134 Å². The monoisotopic (exact) mass is 340 g/mol. The minimum atomic E-state index is -4.52. The molecule has 0 saturated carbocycles. The number of carbonyl (C=O) groups excluding carboxylic acids is 1. The van der Waals surface area contributed by atoms with Gasteiger partial charge < -0.3 is 15.0 Å². The highest BCUT2D eigenvalue weighted by atomic mass is 35.5. The number of hydrogen-bond acceptors (Lipinski definition) is 3. The minimum absolute atomic E-state index is 0. The summed E-state index contributed by atoms with van der Waals surface area (Å²) in [6.07, 6.45) is -5.51. The van der Waals surface area contributed by atoms with E-state index in [4.69, 9.17) is 4.74 Å². The number of hydrogen-bond donors (Lipinski definition) is 1. The van der Waals surface area contributed by atoms with Crippen LogP contribution < -0.4 is 10.1 Å². The number of alkyl halides is 3. The van der Waals surface area contributed by atoms with E-state index >= 15 is 0 Å². The lowest BCUT2D eigenvalue weighted by Crippen LogP contribution is -2.41. The molecule has 1 atom stereocenters. The van der Waals surface area contributed by atoms with E-state index in [0.29, 0.717) is 13.1 Å². The molecule has 126 valence electrons. The highest BCUT2D eigenvalue weighted by molar-refractivity contribution is 5.85. The Bertz CT molecular complexity index is 483. The summed E-state index contributed by atoms with van der Waals surface area (Å²) in [7, 11) is 3.33. The van der Waals surface area contributed by atoms with Crippen LogP contribution in [0.15, 0.2) is 24.3 Å². The van der Waals surface area contributed by atoms with Gasteiger partial charge in [-0.05, 0) is 26.1 Å². The van der Waals surface area contributed by atoms with Gasteiger partial charge in [-0.25, -0.2) is 0 Å². The second-order valence-corrected chi connectivity index (χ2v) is 4.62. The van der Waals surface area contributed by atoms with Gasteiger partial charge in [0, 0.05) is 20.1 Å². The molecule has 0 fully saturated rings. The van der Waals surface area contributed by atoms with Crippen LogP contribution >= 0.6 is 12.4 Å². The predicted octanol–water partition coefficient (Wildman–Crippen LogP) is 2.57. The molecule has 0 aliphatic carbocycles. The maximum absolute atomic E-state index is 12.8. The highest BCUT2D eigenvalue weighted by Gasteiger charge is 2.35. The molecule has 0 aliphatic rings. The first-order valence-electron chi connectivity index (χ1n) is 6.49. The van der Waals surface area contributed by atoms with Gasteiger partial charge in [-0.3, -0.25) is 4.79 Å². The molecular formula is C14H20ClF3N2O2. The molecule has 1 aromatic carbocycles. The van der Waals surface area contributed by atoms with Crippen LogP contribution in [0.3, 0.4) is 0 Å². The normalized spacial score (nSPS) is 12.3. The summed E-state index contributed by atoms with van der Waals surface area (Å²) in [4.78, 5) is 13.4. The molecule has 1 aromatic rings. The third-order valence-corrected chi connectivity index (χ3v) is 2.92. The van der Waals surface area contributed by atoms with Crippen molar-refractivity contribution in [1.82, 2.24) is 10.2 Å². The van der Waals surface area contributed by atoms with Gasteiger partial charge in [-0.2, -0.15) is 13.2 Å². The van der Waals surface area contributed by atoms with Crippen molar-refractivity contribution in [2.45, 2.75) is 19.2 Å². The molecule has 8 heteroatoms. The van der Waals surface area contributed by atoms with Gasteiger partial charge in [0.05, 0.1) is 5.56 Å². The Kier molecular flexibility index (Phi) is 8.26. The van der Waals surface area contributed by atoms with Crippen molar-refractivity contribution in [3.8, 4) is 5.75 Å². The Hall–Kier alpha value is -1.47. The fraction of sp³-hybridized carbons (Fsp3) is 0.500. The molecule has 4 nitrogen and oxygen atoms in total. The number of nitrogens with zero attached hydrogens (tertiary/aromatic N) is 1. The van der Waals surface area contributed by atoms with E-state index in [1.807, 2.05) is 0 Å². The molecule has 0 saturated heterocycles. The molecule has 1 unspecified atom stereocenters. The van der Waals surface area contributed by atoms with Crippen molar-refractivity contribution in [3.63, 3.8) is 0 Å². The van der Waals surface area contributed by atoms with E-state index in [9.17, 15) is 18.0 Å². The first-order valence-corrected chi connectivity index (χ1v) is 6.49. The van der Waals surface area contributed by atoms with Crippen molar-refractivity contribution in [2.75, 3.05) is 27.2 Å². The summed E-state index contributed by atoms with van der Waals surface area (Å²) in [6.45, 7) is 2.48. The SMILES string of the molecule is CNCCN(C)C(=O)C(C)Oc1ccccc1C(F)(F)F.Cl. The lowest BCUT2D eigenvalue weighted by Gasteiger charge is -2.23. The Morgan fingerprint density at radius 1 is 1.36 bits per heavy atom. The van der Waals surface area contributed by atoms with Crippen LogP contribution in [0.5, 0.6) is 5.75 Å². The van der Waals surface area contributed by atoms with E-state index < -0.39 is 17.8 Å². The van der Waals surface area contributed by atoms with Crippen LogP contribution in [-0.2, 0) is 11.0 Å². The third-order valence-electron chi connectivity index (χ3n) is 2.92. The number of amides is 1. The third kappa shape index (κ3) is 5.73. The molecule has 1 rings (SSSR count). The summed E-state index contributed by atoms with van der Waals surface area (Å²) < 4.78 is 43.7. The van der Waals surface area contributed by atoms with Gasteiger partial charge >= 0.3 is 6.18 Å². The second kappa shape index (κ2) is 8.85. The first-order chi connectivity index (χ1) is 9.77. The van der Waals surface area contributed by atoms with Crippen LogP contribution in [0.25, 0.3) is 0 Å². The lowest BCUT2D eigenvalue weighted by atomic mass is 10.2. The number of rotatable bonds is 6. The zero-order chi connectivity index (χ0) is 16.0. The van der Waals surface area contributed by atoms with Crippen LogP contribution in [0.1, 0.15) is 12.5 Å². The summed E-state index contributed by atoms with van der Waals surface area (Å²) in [5.74, 6) is -0.713. The van der Waals surface area contributed by atoms with E-state index in [1.165, 1.54) is 30.0 Å². The quantitative estimate of drug-likeness (QED) is 0.865. The van der Waals surface area contributed by atoms with Crippen LogP contribution in [0.4, 0.5) is 13.2 Å². The molecule has 22 heavy (non-hydrogen) atoms. The number of carbonyl (C=O) groups is 1. The van der Waals surface area contributed by atoms with Gasteiger partial charge in [-0.1, -0.05) is 12.1 Å². The second-order valence-electron chi connectivity index (χ2n) is 4.62. The van der Waals surface area contributed by atoms with Gasteiger partial charge in [0.15, 0.2) is 6.10 Å². The molecule has 0 aromatic heterocycles. The van der Waals surface area contributed by atoms with Crippen molar-refractivity contribution in [3.05, 3.63) is 29.8 Å². The van der Waals surface area contributed by atoms with Gasteiger partial charge in [0.25, 0.3) is 5.91 Å². The fourth-order valence-electron chi connectivity index (χ4n) is 1.74. The Balaban J connectivity index is 0.00000441. The summed E-state index contributed by atoms with van der Waals surface area (Å²) in [5.41, 5.74) is -0.887. The largest absolute Gasteiger partial charge is 0.480 e. The zero-order valence-electron chi connectivity index (χ0n) is 12.6. The number of benzene rings is 1. The number of ether oxygens (including phenoxy) is 1. The lowest BCUT2D eigenvalue weighted by molar-refractivity contribution is -0.142. The van der Waals surface area contributed by atoms with E-state index in [2.05, 4.69) is 5.32 Å². The van der Waals surface area contributed by atoms with Gasteiger partial charge in [-0.15, -0.1) is 12.4 Å². The van der Waals surface area contributed by atoms with Crippen molar-refractivity contribution < 1.29 is 22.7 Å². The maximum Gasteiger partial charge on any atom is 0.419 e. The summed E-state index contributed by atoms with van der Waals surface area (Å²) in [6, 6.07) is 4.85. The summed E-state index contributed by atoms with van der Waals surface area (Å²) in [5, 5.41) is 2.89. The van der Waals surface area contributed by atoms with Crippen molar-refractivity contribution in [1.29, 1.82) is 0 Å². The molecule has 1 amide bonds. The van der Waals surface area contributed by atoms with Crippen LogP contribution in [0.2, 0.25) is 0 Å². The zero-order valence-corrected chi connectivity index (χ0v) is 13.4. The average Bonchev–Trinajstić information content (AvgIpc) is 2.43. The van der Waals surface area contributed by atoms with Crippen molar-refractivity contribution >= 4 is 18.3 Å². The summed E-state index contributed by atoms with van der Waals surface area (Å²) >= 11 is 0. The smallest absolute Gasteiger partial charge is 0.419 e. The van der Waals surface area contributed by atoms with E-state index in [1.54, 1.807) is 14.1 Å². The highest BCUT2D eigenvalue weighted by Crippen LogP contribution is 2.36. The van der Waals surface area contributed by atoms with Crippen LogP contribution in [-0.4, -0.2) is 44.1 Å². The molecule has 0 bridgehead atoms. The number of likely N-dealkylation sites (N-methyl/N-ethyl adjacent to an activating group) is 2. The molecule has 0 spiro atoms. The van der Waals surface area contributed by atoms with Crippen LogP contribution in [0, 0.1) is 0 Å². The fourth-order valence-corrected chi connectivity index (χ4v) is 1.74. The molecule has 1 N–H and O–H groups in total.